The molecule has 0 aliphatic heterocycles. The van der Waals surface area contributed by atoms with Crippen LogP contribution in [-0.4, -0.2) is 52.4 Å². The van der Waals surface area contributed by atoms with Crippen LogP contribution in [0.5, 0.6) is 0 Å². The van der Waals surface area contributed by atoms with Gasteiger partial charge < -0.3 is 19.4 Å². The highest BCUT2D eigenvalue weighted by Gasteiger charge is 2.48. The number of unbranched alkanes of at least 4 members (excludes halogenated alkanes) is 17. The summed E-state index contributed by atoms with van der Waals surface area (Å²) in [5, 5.41) is 8.62. The molecule has 0 saturated carbocycles. The lowest BCUT2D eigenvalue weighted by molar-refractivity contribution is -0.875. The molecule has 1 unspecified atom stereocenters. The Hall–Kier alpha value is -0.190. The van der Waals surface area contributed by atoms with Gasteiger partial charge in [-0.2, -0.15) is 0 Å². The van der Waals surface area contributed by atoms with Gasteiger partial charge in [0.25, 0.3) is 0 Å². The number of allylic oxidation sites excluding steroid dienone is 2. The molecule has 0 aromatic heterocycles. The zero-order valence-electron chi connectivity index (χ0n) is 23.1. The molecular formula is C28H59NO4P+. The molecule has 0 aromatic rings. The molecule has 0 rings (SSSR count). The van der Waals surface area contributed by atoms with E-state index in [1.54, 1.807) is 0 Å². The second-order valence-corrected chi connectivity index (χ2v) is 13.4. The second-order valence-electron chi connectivity index (χ2n) is 11.4. The quantitative estimate of drug-likeness (QED) is 0.0539. The summed E-state index contributed by atoms with van der Waals surface area (Å²) in [6.07, 6.45) is 28.9. The van der Waals surface area contributed by atoms with Crippen LogP contribution in [0.4, 0.5) is 0 Å². The number of rotatable bonds is 24. The van der Waals surface area contributed by atoms with Crippen LogP contribution in [0.2, 0.25) is 0 Å². The monoisotopic (exact) mass is 504 g/mol. The first kappa shape index (κ1) is 33.8. The van der Waals surface area contributed by atoms with Gasteiger partial charge in [-0.15, -0.1) is 0 Å². The van der Waals surface area contributed by atoms with Gasteiger partial charge in [0.15, 0.2) is 0 Å². The van der Waals surface area contributed by atoms with Crippen LogP contribution in [-0.2, 0) is 4.57 Å². The Labute approximate surface area is 212 Å². The van der Waals surface area contributed by atoms with E-state index in [0.717, 1.165) is 19.3 Å². The number of quaternary nitrogens is 1. The number of likely N-dealkylation sites (N-methyl/N-ethyl adjacent to an activating group) is 1. The van der Waals surface area contributed by atoms with Crippen LogP contribution < -0.4 is 0 Å². The lowest BCUT2D eigenvalue weighted by atomic mass is 10.0. The van der Waals surface area contributed by atoms with Crippen molar-refractivity contribution in [3.8, 4) is 0 Å². The minimum atomic E-state index is -4.56. The molecule has 0 aromatic carbocycles. The van der Waals surface area contributed by atoms with E-state index in [1.165, 1.54) is 96.3 Å². The Morgan fingerprint density at radius 1 is 0.647 bits per heavy atom. The summed E-state index contributed by atoms with van der Waals surface area (Å²) >= 11 is 0. The highest BCUT2D eigenvalue weighted by molar-refractivity contribution is 7.53. The van der Waals surface area contributed by atoms with Gasteiger partial charge in [-0.25, -0.2) is 0 Å². The summed E-state index contributed by atoms with van der Waals surface area (Å²) in [4.78, 5) is 19.2. The Balaban J connectivity index is 3.56. The molecule has 204 valence electrons. The first-order valence-corrected chi connectivity index (χ1v) is 15.9. The van der Waals surface area contributed by atoms with Crippen LogP contribution in [0.15, 0.2) is 12.2 Å². The average molecular weight is 505 g/mol. The molecule has 3 N–H and O–H groups in total. The van der Waals surface area contributed by atoms with E-state index in [1.807, 2.05) is 21.1 Å². The maximum absolute atomic E-state index is 11.8. The Kier molecular flexibility index (Phi) is 19.8. The molecule has 0 heterocycles. The van der Waals surface area contributed by atoms with Crippen molar-refractivity contribution >= 4 is 7.60 Å². The third-order valence-electron chi connectivity index (χ3n) is 6.61. The molecule has 6 heteroatoms. The lowest BCUT2D eigenvalue weighted by Crippen LogP contribution is -2.49. The van der Waals surface area contributed by atoms with Gasteiger partial charge in [-0.05, 0) is 38.5 Å². The largest absolute Gasteiger partial charge is 0.373 e. The van der Waals surface area contributed by atoms with Crippen molar-refractivity contribution in [2.45, 2.75) is 141 Å². The molecule has 0 aliphatic rings. The molecule has 0 aliphatic carbocycles. The second kappa shape index (κ2) is 19.9. The Bertz CT molecular complexity index is 541. The van der Waals surface area contributed by atoms with Gasteiger partial charge >= 0.3 is 7.60 Å². The fraction of sp³-hybridized carbons (Fsp3) is 0.929. The SMILES string of the molecule is CCCCCCCCCCCCCCCCC/C=C\CCCCC(O)(C[N+](C)(C)C)P(=O)(O)O. The minimum absolute atomic E-state index is 0.0479. The van der Waals surface area contributed by atoms with Gasteiger partial charge in [-0.3, -0.25) is 4.57 Å². The molecule has 0 amide bonds. The Morgan fingerprint density at radius 3 is 1.35 bits per heavy atom. The molecule has 0 spiro atoms. The highest BCUT2D eigenvalue weighted by atomic mass is 31.2. The van der Waals surface area contributed by atoms with Crippen molar-refractivity contribution in [2.75, 3.05) is 27.7 Å². The van der Waals surface area contributed by atoms with Crippen molar-refractivity contribution in [1.82, 2.24) is 0 Å². The summed E-state index contributed by atoms with van der Waals surface area (Å²) in [6.45, 7) is 2.33. The van der Waals surface area contributed by atoms with E-state index in [0.29, 0.717) is 10.9 Å². The molecule has 1 atom stereocenters. The normalized spacial score (nSPS) is 14.7. The number of hydrogen-bond donors (Lipinski definition) is 3. The maximum atomic E-state index is 11.8. The predicted molar refractivity (Wildman–Crippen MR) is 147 cm³/mol. The maximum Gasteiger partial charge on any atom is 0.362 e. The molecule has 5 nitrogen and oxygen atoms in total. The third kappa shape index (κ3) is 20.0. The van der Waals surface area contributed by atoms with E-state index in [4.69, 9.17) is 0 Å². The summed E-state index contributed by atoms with van der Waals surface area (Å²) in [5.41, 5.74) is 0. The van der Waals surface area contributed by atoms with Gasteiger partial charge in [0.05, 0.1) is 21.1 Å². The van der Waals surface area contributed by atoms with E-state index >= 15 is 0 Å². The number of nitrogens with zero attached hydrogens (tertiary/aromatic N) is 1. The van der Waals surface area contributed by atoms with E-state index < -0.39 is 12.9 Å². The van der Waals surface area contributed by atoms with Gasteiger partial charge in [0.1, 0.15) is 6.54 Å². The van der Waals surface area contributed by atoms with E-state index in [9.17, 15) is 19.5 Å². The molecular weight excluding hydrogens is 445 g/mol. The van der Waals surface area contributed by atoms with Gasteiger partial charge in [0, 0.05) is 0 Å². The summed E-state index contributed by atoms with van der Waals surface area (Å²) in [6, 6.07) is 0. The van der Waals surface area contributed by atoms with Crippen molar-refractivity contribution in [2.24, 2.45) is 0 Å². The van der Waals surface area contributed by atoms with E-state index in [2.05, 4.69) is 19.1 Å². The first-order chi connectivity index (χ1) is 16.0. The molecule has 0 fully saturated rings. The number of hydrogen-bond acceptors (Lipinski definition) is 2. The third-order valence-corrected chi connectivity index (χ3v) is 8.06. The molecule has 0 bridgehead atoms. The van der Waals surface area contributed by atoms with Gasteiger partial charge in [0.2, 0.25) is 5.34 Å². The molecule has 0 saturated heterocycles. The zero-order chi connectivity index (χ0) is 25.8. The van der Waals surface area contributed by atoms with Gasteiger partial charge in [-0.1, -0.05) is 109 Å². The van der Waals surface area contributed by atoms with Crippen LogP contribution in [0.1, 0.15) is 135 Å². The van der Waals surface area contributed by atoms with Crippen molar-refractivity contribution in [3.63, 3.8) is 0 Å². The van der Waals surface area contributed by atoms with Crippen LogP contribution in [0.25, 0.3) is 0 Å². The smallest absolute Gasteiger partial charge is 0.362 e. The van der Waals surface area contributed by atoms with Crippen molar-refractivity contribution < 1.29 is 23.9 Å². The Morgan fingerprint density at radius 2 is 1.00 bits per heavy atom. The molecule has 34 heavy (non-hydrogen) atoms. The standard InChI is InChI=1S/C28H58NO4P/c1-5-6-7-8-9-10-11-12-13-14-15-16-17-18-19-20-21-22-23-24-25-26-28(30,34(31,32)33)27-29(2,3)4/h21-22,30H,5-20,23-27H2,1-4H3,(H-,31,32,33)/p+1/b22-21-. The molecule has 0 radical (unpaired) electrons. The zero-order valence-corrected chi connectivity index (χ0v) is 24.0. The summed E-state index contributed by atoms with van der Waals surface area (Å²) in [7, 11) is 0.946. The first-order valence-electron chi connectivity index (χ1n) is 14.3. The topological polar surface area (TPSA) is 77.8 Å². The summed E-state index contributed by atoms with van der Waals surface area (Å²) < 4.78 is 12.1. The predicted octanol–water partition coefficient (Wildman–Crippen LogP) is 7.94. The van der Waals surface area contributed by atoms with Crippen LogP contribution in [0, 0.1) is 0 Å². The fourth-order valence-corrected chi connectivity index (χ4v) is 5.67. The van der Waals surface area contributed by atoms with Crippen molar-refractivity contribution in [3.05, 3.63) is 12.2 Å². The van der Waals surface area contributed by atoms with Crippen LogP contribution >= 0.6 is 7.60 Å². The average Bonchev–Trinajstić information content (AvgIpc) is 2.73. The fourth-order valence-electron chi connectivity index (χ4n) is 4.62. The lowest BCUT2D eigenvalue weighted by Gasteiger charge is -2.35. The van der Waals surface area contributed by atoms with Crippen LogP contribution in [0.3, 0.4) is 0 Å². The minimum Gasteiger partial charge on any atom is -0.373 e. The van der Waals surface area contributed by atoms with E-state index in [-0.39, 0.29) is 13.0 Å². The summed E-state index contributed by atoms with van der Waals surface area (Å²) in [5.74, 6) is 0. The highest BCUT2D eigenvalue weighted by Crippen LogP contribution is 2.52. The van der Waals surface area contributed by atoms with Crippen molar-refractivity contribution in [1.29, 1.82) is 0 Å². The number of aliphatic hydroxyl groups is 1.